The van der Waals surface area contributed by atoms with E-state index in [0.29, 0.717) is 17.8 Å². The molecule has 5 nitrogen and oxygen atoms in total. The molecule has 2 rings (SSSR count). The normalized spacial score (nSPS) is 11.4. The summed E-state index contributed by atoms with van der Waals surface area (Å²) in [5.41, 5.74) is 8.58. The molecule has 0 aliphatic rings. The molecule has 0 fully saturated rings. The Labute approximate surface area is 137 Å². The second-order valence-corrected chi connectivity index (χ2v) is 6.44. The van der Waals surface area contributed by atoms with E-state index in [9.17, 15) is 10.4 Å². The summed E-state index contributed by atoms with van der Waals surface area (Å²) < 4.78 is 1.85. The summed E-state index contributed by atoms with van der Waals surface area (Å²) in [4.78, 5) is 0. The highest BCUT2D eigenvalue weighted by Gasteiger charge is 2.25. The first-order chi connectivity index (χ1) is 10.9. The van der Waals surface area contributed by atoms with Crippen LogP contribution in [-0.4, -0.2) is 20.5 Å². The number of unbranched alkanes of at least 4 members (excludes halogenated alkanes) is 1. The van der Waals surface area contributed by atoms with E-state index in [0.717, 1.165) is 36.2 Å². The van der Waals surface area contributed by atoms with E-state index in [4.69, 9.17) is 5.73 Å². The Morgan fingerprint density at radius 1 is 1.35 bits per heavy atom. The van der Waals surface area contributed by atoms with E-state index in [1.807, 2.05) is 28.9 Å². The highest BCUT2D eigenvalue weighted by atomic mass is 16.3. The van der Waals surface area contributed by atoms with Gasteiger partial charge in [-0.05, 0) is 26.3 Å². The van der Waals surface area contributed by atoms with Crippen LogP contribution in [0.1, 0.15) is 45.0 Å². The van der Waals surface area contributed by atoms with Gasteiger partial charge in [-0.3, -0.25) is 4.68 Å². The zero-order chi connectivity index (χ0) is 17.0. The van der Waals surface area contributed by atoms with E-state index in [2.05, 4.69) is 18.1 Å². The molecule has 5 heteroatoms. The summed E-state index contributed by atoms with van der Waals surface area (Å²) in [6.07, 6.45) is 2.41. The van der Waals surface area contributed by atoms with Gasteiger partial charge in [-0.25, -0.2) is 0 Å². The summed E-state index contributed by atoms with van der Waals surface area (Å²) in [5.74, 6) is 0. The Bertz CT molecular complexity index is 720. The summed E-state index contributed by atoms with van der Waals surface area (Å²) in [5, 5.41) is 24.2. The fourth-order valence-electron chi connectivity index (χ4n) is 2.67. The molecule has 1 aromatic carbocycles. The molecule has 0 bridgehead atoms. The molecule has 122 valence electrons. The number of anilines is 1. The fraction of sp³-hybridized carbons (Fsp3) is 0.444. The lowest BCUT2D eigenvalue weighted by Gasteiger charge is -2.19. The number of aryl methyl sites for hydroxylation is 1. The molecule has 1 heterocycles. The molecule has 0 atom stereocenters. The number of para-hydroxylation sites is 1. The minimum Gasteiger partial charge on any atom is -0.398 e. The zero-order valence-electron chi connectivity index (χ0n) is 14.0. The van der Waals surface area contributed by atoms with Crippen LogP contribution in [0, 0.1) is 11.3 Å². The lowest BCUT2D eigenvalue weighted by molar-refractivity contribution is 0.0787. The van der Waals surface area contributed by atoms with Crippen LogP contribution >= 0.6 is 0 Å². The maximum absolute atomic E-state index is 10.3. The summed E-state index contributed by atoms with van der Waals surface area (Å²) >= 11 is 0. The minimum absolute atomic E-state index is 0.359. The first kappa shape index (κ1) is 17.0. The molecule has 0 saturated carbocycles. The highest BCUT2D eigenvalue weighted by Crippen LogP contribution is 2.33. The number of nitriles is 1. The smallest absolute Gasteiger partial charge is 0.170 e. The number of hydrogen-bond donors (Lipinski definition) is 2. The van der Waals surface area contributed by atoms with Crippen molar-refractivity contribution in [2.75, 3.05) is 5.73 Å². The number of nitrogens with zero attached hydrogens (tertiary/aromatic N) is 3. The van der Waals surface area contributed by atoms with E-state index < -0.39 is 5.60 Å². The third kappa shape index (κ3) is 3.91. The molecule has 1 aromatic heterocycles. The maximum Gasteiger partial charge on any atom is 0.170 e. The summed E-state index contributed by atoms with van der Waals surface area (Å²) in [6, 6.07) is 9.64. The van der Waals surface area contributed by atoms with Crippen molar-refractivity contribution in [1.82, 2.24) is 9.78 Å². The van der Waals surface area contributed by atoms with Crippen LogP contribution in [0.5, 0.6) is 0 Å². The molecule has 0 spiro atoms. The van der Waals surface area contributed by atoms with Gasteiger partial charge in [0.25, 0.3) is 0 Å². The Morgan fingerprint density at radius 3 is 2.61 bits per heavy atom. The van der Waals surface area contributed by atoms with Gasteiger partial charge in [-0.1, -0.05) is 31.5 Å². The molecular formula is C18H24N4O. The van der Waals surface area contributed by atoms with Gasteiger partial charge in [-0.2, -0.15) is 10.4 Å². The highest BCUT2D eigenvalue weighted by molar-refractivity contribution is 5.81. The largest absolute Gasteiger partial charge is 0.398 e. The van der Waals surface area contributed by atoms with E-state index in [1.54, 1.807) is 13.8 Å². The third-order valence-electron chi connectivity index (χ3n) is 3.72. The van der Waals surface area contributed by atoms with Gasteiger partial charge in [0.15, 0.2) is 5.69 Å². The second-order valence-electron chi connectivity index (χ2n) is 6.44. The lowest BCUT2D eigenvalue weighted by atomic mass is 9.94. The second kappa shape index (κ2) is 6.84. The summed E-state index contributed by atoms with van der Waals surface area (Å²) in [7, 11) is 0. The zero-order valence-corrected chi connectivity index (χ0v) is 14.0. The van der Waals surface area contributed by atoms with Crippen molar-refractivity contribution < 1.29 is 5.11 Å². The first-order valence-electron chi connectivity index (χ1n) is 7.94. The van der Waals surface area contributed by atoms with Crippen LogP contribution in [0.15, 0.2) is 24.3 Å². The Balaban J connectivity index is 2.65. The average Bonchev–Trinajstić information content (AvgIpc) is 2.81. The maximum atomic E-state index is 10.3. The van der Waals surface area contributed by atoms with Gasteiger partial charge in [0.1, 0.15) is 6.07 Å². The molecule has 0 amide bonds. The van der Waals surface area contributed by atoms with Crippen molar-refractivity contribution in [3.8, 4) is 17.2 Å². The molecule has 0 unspecified atom stereocenters. The molecule has 0 saturated heterocycles. The van der Waals surface area contributed by atoms with Crippen LogP contribution < -0.4 is 5.73 Å². The van der Waals surface area contributed by atoms with Crippen molar-refractivity contribution in [3.05, 3.63) is 35.7 Å². The Hall–Kier alpha value is -2.32. The average molecular weight is 312 g/mol. The van der Waals surface area contributed by atoms with Crippen LogP contribution in [0.4, 0.5) is 5.69 Å². The molecule has 3 N–H and O–H groups in total. The van der Waals surface area contributed by atoms with Crippen molar-refractivity contribution >= 4 is 5.69 Å². The number of aliphatic hydroxyl groups is 1. The van der Waals surface area contributed by atoms with Gasteiger partial charge >= 0.3 is 0 Å². The van der Waals surface area contributed by atoms with Gasteiger partial charge in [0, 0.05) is 29.8 Å². The minimum atomic E-state index is -0.894. The van der Waals surface area contributed by atoms with Crippen molar-refractivity contribution in [1.29, 1.82) is 5.26 Å². The van der Waals surface area contributed by atoms with Gasteiger partial charge in [0.2, 0.25) is 0 Å². The molecule has 2 aromatic rings. The first-order valence-corrected chi connectivity index (χ1v) is 7.94. The third-order valence-corrected chi connectivity index (χ3v) is 3.72. The molecule has 23 heavy (non-hydrogen) atoms. The van der Waals surface area contributed by atoms with Crippen molar-refractivity contribution in [2.45, 2.75) is 52.2 Å². The Morgan fingerprint density at radius 2 is 2.04 bits per heavy atom. The SMILES string of the molecule is CCCCn1nc(C#N)c(-c2ccccc2N)c1CC(C)(C)O. The number of rotatable bonds is 6. The predicted octanol–water partition coefficient (Wildman–Crippen LogP) is 3.12. The lowest BCUT2D eigenvalue weighted by Crippen LogP contribution is -2.24. The van der Waals surface area contributed by atoms with Gasteiger partial charge in [0.05, 0.1) is 11.3 Å². The van der Waals surface area contributed by atoms with E-state index in [1.165, 1.54) is 0 Å². The number of nitrogen functional groups attached to an aromatic ring is 1. The van der Waals surface area contributed by atoms with Crippen LogP contribution in [0.3, 0.4) is 0 Å². The predicted molar refractivity (Wildman–Crippen MR) is 91.7 cm³/mol. The van der Waals surface area contributed by atoms with E-state index in [-0.39, 0.29) is 0 Å². The van der Waals surface area contributed by atoms with Crippen LogP contribution in [0.2, 0.25) is 0 Å². The molecule has 0 aliphatic heterocycles. The topological polar surface area (TPSA) is 87.9 Å². The van der Waals surface area contributed by atoms with E-state index >= 15 is 0 Å². The molecular weight excluding hydrogens is 288 g/mol. The molecule has 0 aliphatic carbocycles. The quantitative estimate of drug-likeness (QED) is 0.802. The number of benzene rings is 1. The fourth-order valence-corrected chi connectivity index (χ4v) is 2.67. The van der Waals surface area contributed by atoms with Crippen LogP contribution in [-0.2, 0) is 13.0 Å². The number of hydrogen-bond acceptors (Lipinski definition) is 4. The standard InChI is InChI=1S/C18H24N4O/c1-4-5-10-22-16(11-18(2,3)23)17(15(12-19)21-22)13-8-6-7-9-14(13)20/h6-9,23H,4-5,10-11,20H2,1-3H3. The van der Waals surface area contributed by atoms with Crippen molar-refractivity contribution in [2.24, 2.45) is 0 Å². The monoisotopic (exact) mass is 312 g/mol. The van der Waals surface area contributed by atoms with Crippen LogP contribution in [0.25, 0.3) is 11.1 Å². The van der Waals surface area contributed by atoms with Crippen molar-refractivity contribution in [3.63, 3.8) is 0 Å². The Kier molecular flexibility index (Phi) is 5.07. The van der Waals surface area contributed by atoms with Gasteiger partial charge in [-0.15, -0.1) is 0 Å². The summed E-state index contributed by atoms with van der Waals surface area (Å²) in [6.45, 7) is 6.35. The number of aromatic nitrogens is 2. The molecule has 0 radical (unpaired) electrons. The number of nitrogens with two attached hydrogens (primary N) is 1. The van der Waals surface area contributed by atoms with Gasteiger partial charge < -0.3 is 10.8 Å².